The van der Waals surface area contributed by atoms with Gasteiger partial charge in [0.25, 0.3) is 10.1 Å². The first-order valence-corrected chi connectivity index (χ1v) is 6.41. The zero-order chi connectivity index (χ0) is 12.2. The third kappa shape index (κ3) is 5.11. The lowest BCUT2D eigenvalue weighted by molar-refractivity contribution is 0.208. The van der Waals surface area contributed by atoms with Crippen molar-refractivity contribution in [1.29, 1.82) is 0 Å². The predicted octanol–water partition coefficient (Wildman–Crippen LogP) is 0.656. The number of aliphatic hydroxyl groups excluding tert-OH is 1. The highest BCUT2D eigenvalue weighted by molar-refractivity contribution is 7.85. The number of nitrogens with one attached hydrogen (secondary N) is 1. The van der Waals surface area contributed by atoms with E-state index >= 15 is 0 Å². The number of hydrogen-bond acceptors (Lipinski definition) is 4. The first-order valence-electron chi connectivity index (χ1n) is 4.80. The largest absolute Gasteiger partial charge is 0.390 e. The summed E-state index contributed by atoms with van der Waals surface area (Å²) in [6, 6.07) is 7.47. The fourth-order valence-electron chi connectivity index (χ4n) is 1.29. The Morgan fingerprint density at radius 1 is 1.44 bits per heavy atom. The number of aliphatic hydroxyl groups is 1. The molecule has 1 aromatic rings. The minimum absolute atomic E-state index is 0.0727. The van der Waals surface area contributed by atoms with E-state index in [2.05, 4.69) is 5.32 Å². The molecule has 0 aliphatic rings. The highest BCUT2D eigenvalue weighted by atomic mass is 32.2. The summed E-state index contributed by atoms with van der Waals surface area (Å²) in [5, 5.41) is 12.2. The van der Waals surface area contributed by atoms with Crippen molar-refractivity contribution >= 4 is 15.8 Å². The average molecular weight is 245 g/mol. The summed E-state index contributed by atoms with van der Waals surface area (Å²) in [7, 11) is -4.13. The van der Waals surface area contributed by atoms with Gasteiger partial charge >= 0.3 is 0 Å². The van der Waals surface area contributed by atoms with Crippen molar-refractivity contribution in [2.75, 3.05) is 17.6 Å². The van der Waals surface area contributed by atoms with E-state index in [-0.39, 0.29) is 6.54 Å². The van der Waals surface area contributed by atoms with Crippen molar-refractivity contribution in [3.63, 3.8) is 0 Å². The van der Waals surface area contributed by atoms with E-state index in [1.807, 2.05) is 31.2 Å². The summed E-state index contributed by atoms with van der Waals surface area (Å²) in [6.45, 7) is 2.00. The molecule has 5 nitrogen and oxygen atoms in total. The Morgan fingerprint density at radius 3 is 2.69 bits per heavy atom. The van der Waals surface area contributed by atoms with Gasteiger partial charge in [-0.2, -0.15) is 8.42 Å². The summed E-state index contributed by atoms with van der Waals surface area (Å²) >= 11 is 0. The molecule has 0 spiro atoms. The van der Waals surface area contributed by atoms with E-state index in [0.717, 1.165) is 11.3 Å². The highest BCUT2D eigenvalue weighted by Gasteiger charge is 2.13. The zero-order valence-corrected chi connectivity index (χ0v) is 9.74. The molecular weight excluding hydrogens is 230 g/mol. The minimum atomic E-state index is -4.13. The van der Waals surface area contributed by atoms with Crippen LogP contribution < -0.4 is 5.32 Å². The molecule has 6 heteroatoms. The number of rotatable bonds is 5. The molecule has 1 rings (SSSR count). The van der Waals surface area contributed by atoms with Crippen molar-refractivity contribution in [1.82, 2.24) is 0 Å². The van der Waals surface area contributed by atoms with Crippen LogP contribution in [-0.4, -0.2) is 36.5 Å². The monoisotopic (exact) mass is 245 g/mol. The summed E-state index contributed by atoms with van der Waals surface area (Å²) in [5.41, 5.74) is 1.86. The van der Waals surface area contributed by atoms with Crippen molar-refractivity contribution in [2.45, 2.75) is 13.0 Å². The summed E-state index contributed by atoms with van der Waals surface area (Å²) in [6.07, 6.45) is -1.13. The molecule has 0 aliphatic carbocycles. The first kappa shape index (κ1) is 13.0. The summed E-state index contributed by atoms with van der Waals surface area (Å²) in [4.78, 5) is 0. The standard InChI is InChI=1S/C10H15NO4S/c1-8-3-2-4-9(5-8)11-6-10(12)7-16(13,14)15/h2-5,10-12H,6-7H2,1H3,(H,13,14,15)/t10-/m0/s1. The van der Waals surface area contributed by atoms with Crippen molar-refractivity contribution < 1.29 is 18.1 Å². The fourth-order valence-corrected chi connectivity index (χ4v) is 1.90. The van der Waals surface area contributed by atoms with Gasteiger partial charge in [-0.05, 0) is 24.6 Å². The van der Waals surface area contributed by atoms with Crippen LogP contribution in [0, 0.1) is 6.92 Å². The van der Waals surface area contributed by atoms with Crippen LogP contribution in [0.5, 0.6) is 0 Å². The van der Waals surface area contributed by atoms with Crippen LogP contribution in [0.15, 0.2) is 24.3 Å². The second-order valence-corrected chi connectivity index (χ2v) is 5.15. The topological polar surface area (TPSA) is 86.6 Å². The van der Waals surface area contributed by atoms with Gasteiger partial charge in [0.15, 0.2) is 0 Å². The van der Waals surface area contributed by atoms with E-state index in [9.17, 15) is 13.5 Å². The Kier molecular flexibility index (Phi) is 4.28. The third-order valence-corrected chi connectivity index (χ3v) is 2.77. The smallest absolute Gasteiger partial charge is 0.267 e. The lowest BCUT2D eigenvalue weighted by Crippen LogP contribution is -2.27. The maximum atomic E-state index is 10.5. The molecule has 90 valence electrons. The molecule has 0 heterocycles. The molecule has 0 unspecified atom stereocenters. The van der Waals surface area contributed by atoms with Crippen LogP contribution in [0.1, 0.15) is 5.56 Å². The van der Waals surface area contributed by atoms with Crippen LogP contribution in [0.25, 0.3) is 0 Å². The molecular formula is C10H15NO4S. The van der Waals surface area contributed by atoms with Crippen LogP contribution in [0.3, 0.4) is 0 Å². The second kappa shape index (κ2) is 5.29. The number of aryl methyl sites for hydroxylation is 1. The minimum Gasteiger partial charge on any atom is -0.390 e. The molecule has 0 aliphatic heterocycles. The molecule has 1 aromatic carbocycles. The Hall–Kier alpha value is -1.11. The number of benzene rings is 1. The van der Waals surface area contributed by atoms with E-state index < -0.39 is 22.0 Å². The Morgan fingerprint density at radius 2 is 2.12 bits per heavy atom. The molecule has 3 N–H and O–H groups in total. The molecule has 0 fully saturated rings. The summed E-state index contributed by atoms with van der Waals surface area (Å²) < 4.78 is 29.5. The molecule has 0 saturated heterocycles. The predicted molar refractivity (Wildman–Crippen MR) is 62.1 cm³/mol. The van der Waals surface area contributed by atoms with E-state index in [0.29, 0.717) is 0 Å². The van der Waals surface area contributed by atoms with Gasteiger partial charge < -0.3 is 10.4 Å². The Labute approximate surface area is 94.9 Å². The van der Waals surface area contributed by atoms with Gasteiger partial charge in [-0.1, -0.05) is 12.1 Å². The van der Waals surface area contributed by atoms with E-state index in [4.69, 9.17) is 4.55 Å². The normalized spacial score (nSPS) is 13.4. The quantitative estimate of drug-likeness (QED) is 0.663. The number of anilines is 1. The van der Waals surface area contributed by atoms with Crippen molar-refractivity contribution in [3.8, 4) is 0 Å². The average Bonchev–Trinajstić information content (AvgIpc) is 2.12. The van der Waals surface area contributed by atoms with E-state index in [1.165, 1.54) is 0 Å². The third-order valence-electron chi connectivity index (χ3n) is 1.96. The molecule has 0 radical (unpaired) electrons. The lowest BCUT2D eigenvalue weighted by Gasteiger charge is -2.11. The van der Waals surface area contributed by atoms with Gasteiger partial charge in [-0.3, -0.25) is 4.55 Å². The number of hydrogen-bond donors (Lipinski definition) is 3. The van der Waals surface area contributed by atoms with Crippen LogP contribution in [-0.2, 0) is 10.1 Å². The highest BCUT2D eigenvalue weighted by Crippen LogP contribution is 2.09. The molecule has 1 atom stereocenters. The lowest BCUT2D eigenvalue weighted by atomic mass is 10.2. The Bertz CT molecular complexity index is 444. The molecule has 0 amide bonds. The first-order chi connectivity index (χ1) is 7.37. The van der Waals surface area contributed by atoms with Gasteiger partial charge in [0.2, 0.25) is 0 Å². The van der Waals surface area contributed by atoms with Crippen LogP contribution in [0.2, 0.25) is 0 Å². The SMILES string of the molecule is Cc1cccc(NC[C@H](O)CS(=O)(=O)O)c1. The Balaban J connectivity index is 2.46. The van der Waals surface area contributed by atoms with Gasteiger partial charge in [-0.15, -0.1) is 0 Å². The van der Waals surface area contributed by atoms with Crippen molar-refractivity contribution in [3.05, 3.63) is 29.8 Å². The maximum absolute atomic E-state index is 10.5. The maximum Gasteiger partial charge on any atom is 0.267 e. The zero-order valence-electron chi connectivity index (χ0n) is 8.92. The van der Waals surface area contributed by atoms with Crippen LogP contribution >= 0.6 is 0 Å². The summed E-state index contributed by atoms with van der Waals surface area (Å²) in [5.74, 6) is -0.661. The van der Waals surface area contributed by atoms with Crippen LogP contribution in [0.4, 0.5) is 5.69 Å². The van der Waals surface area contributed by atoms with E-state index in [1.54, 1.807) is 0 Å². The molecule has 0 bridgehead atoms. The van der Waals surface area contributed by atoms with Gasteiger partial charge in [0, 0.05) is 12.2 Å². The van der Waals surface area contributed by atoms with Crippen molar-refractivity contribution in [2.24, 2.45) is 0 Å². The molecule has 16 heavy (non-hydrogen) atoms. The molecule has 0 saturated carbocycles. The second-order valence-electron chi connectivity index (χ2n) is 3.65. The molecule has 0 aromatic heterocycles. The van der Waals surface area contributed by atoms with Gasteiger partial charge in [0.1, 0.15) is 5.75 Å². The fraction of sp³-hybridized carbons (Fsp3) is 0.400. The van der Waals surface area contributed by atoms with Gasteiger partial charge in [-0.25, -0.2) is 0 Å². The van der Waals surface area contributed by atoms with Gasteiger partial charge in [0.05, 0.1) is 6.10 Å².